The first kappa shape index (κ1) is 15.3. The van der Waals surface area contributed by atoms with E-state index in [2.05, 4.69) is 5.32 Å². The van der Waals surface area contributed by atoms with Crippen LogP contribution in [0.2, 0.25) is 0 Å². The predicted octanol–water partition coefficient (Wildman–Crippen LogP) is 1.24. The molecule has 2 aliphatic carbocycles. The zero-order valence-corrected chi connectivity index (χ0v) is 12.1. The molecular formula is C15H25NO4. The van der Waals surface area contributed by atoms with Gasteiger partial charge in [0.15, 0.2) is 0 Å². The molecule has 2 rings (SSSR count). The van der Waals surface area contributed by atoms with Crippen molar-refractivity contribution in [3.8, 4) is 0 Å². The summed E-state index contributed by atoms with van der Waals surface area (Å²) in [6.45, 7) is 2.55. The van der Waals surface area contributed by atoms with Gasteiger partial charge >= 0.3 is 5.97 Å². The van der Waals surface area contributed by atoms with E-state index in [1.807, 2.05) is 0 Å². The SMILES string of the molecule is CCOC(=O)C[C@@H](O)C(=O)NCC[C@@H]1C[C@H]2CC[C@H]1C2. The molecule has 0 heterocycles. The van der Waals surface area contributed by atoms with Crippen LogP contribution in [0.1, 0.15) is 45.4 Å². The fourth-order valence-electron chi connectivity index (χ4n) is 3.70. The lowest BCUT2D eigenvalue weighted by atomic mass is 9.86. The number of hydrogen-bond acceptors (Lipinski definition) is 4. The summed E-state index contributed by atoms with van der Waals surface area (Å²) < 4.78 is 4.70. The third kappa shape index (κ3) is 3.95. The van der Waals surface area contributed by atoms with Crippen LogP contribution in [0.15, 0.2) is 0 Å². The number of aliphatic hydroxyl groups excluding tert-OH is 1. The van der Waals surface area contributed by atoms with Crippen LogP contribution in [0.25, 0.3) is 0 Å². The largest absolute Gasteiger partial charge is 0.466 e. The molecule has 0 radical (unpaired) electrons. The van der Waals surface area contributed by atoms with E-state index in [4.69, 9.17) is 4.74 Å². The Morgan fingerprint density at radius 3 is 2.75 bits per heavy atom. The standard InChI is InChI=1S/C15H25NO4/c1-2-20-14(18)9-13(17)15(19)16-6-5-12-8-10-3-4-11(12)7-10/h10-13,17H,2-9H2,1H3,(H,16,19)/t10-,11-,12+,13+/m0/s1. The van der Waals surface area contributed by atoms with Crippen molar-refractivity contribution in [1.82, 2.24) is 5.32 Å². The van der Waals surface area contributed by atoms with Crippen molar-refractivity contribution in [2.75, 3.05) is 13.2 Å². The van der Waals surface area contributed by atoms with Crippen molar-refractivity contribution in [3.05, 3.63) is 0 Å². The quantitative estimate of drug-likeness (QED) is 0.689. The maximum atomic E-state index is 11.6. The summed E-state index contributed by atoms with van der Waals surface area (Å²) in [5.41, 5.74) is 0. The lowest BCUT2D eigenvalue weighted by molar-refractivity contribution is -0.148. The molecule has 5 nitrogen and oxygen atoms in total. The molecule has 1 amide bonds. The van der Waals surface area contributed by atoms with E-state index in [1.54, 1.807) is 6.92 Å². The topological polar surface area (TPSA) is 75.6 Å². The van der Waals surface area contributed by atoms with Gasteiger partial charge in [0.2, 0.25) is 5.91 Å². The maximum Gasteiger partial charge on any atom is 0.308 e. The average Bonchev–Trinajstić information content (AvgIpc) is 3.01. The van der Waals surface area contributed by atoms with Gasteiger partial charge in [-0.05, 0) is 50.4 Å². The van der Waals surface area contributed by atoms with E-state index in [9.17, 15) is 14.7 Å². The van der Waals surface area contributed by atoms with Crippen molar-refractivity contribution in [3.63, 3.8) is 0 Å². The highest BCUT2D eigenvalue weighted by Gasteiger charge is 2.38. The molecule has 2 N–H and O–H groups in total. The van der Waals surface area contributed by atoms with Crippen molar-refractivity contribution in [2.45, 2.75) is 51.6 Å². The monoisotopic (exact) mass is 283 g/mol. The lowest BCUT2D eigenvalue weighted by Crippen LogP contribution is -2.37. The van der Waals surface area contributed by atoms with Gasteiger partial charge in [0.25, 0.3) is 0 Å². The molecule has 4 atom stereocenters. The second-order valence-corrected chi connectivity index (χ2v) is 6.04. The Labute approximate surface area is 120 Å². The van der Waals surface area contributed by atoms with Crippen LogP contribution in [-0.2, 0) is 14.3 Å². The predicted molar refractivity (Wildman–Crippen MR) is 73.8 cm³/mol. The zero-order chi connectivity index (χ0) is 14.5. The van der Waals surface area contributed by atoms with Crippen LogP contribution in [0.4, 0.5) is 0 Å². The molecular weight excluding hydrogens is 258 g/mol. The molecule has 2 bridgehead atoms. The summed E-state index contributed by atoms with van der Waals surface area (Å²) >= 11 is 0. The molecule has 0 spiro atoms. The third-order valence-corrected chi connectivity index (χ3v) is 4.67. The molecule has 2 aliphatic rings. The summed E-state index contributed by atoms with van der Waals surface area (Å²) in [5.74, 6) is 1.48. The number of rotatable bonds is 7. The Balaban J connectivity index is 1.61. The first-order valence-electron chi connectivity index (χ1n) is 7.71. The number of carbonyl (C=O) groups is 2. The van der Waals surface area contributed by atoms with Gasteiger partial charge in [-0.1, -0.05) is 6.42 Å². The minimum atomic E-state index is -1.30. The van der Waals surface area contributed by atoms with Crippen LogP contribution in [0, 0.1) is 17.8 Å². The normalized spacial score (nSPS) is 29.2. The Morgan fingerprint density at radius 2 is 2.15 bits per heavy atom. The fraction of sp³-hybridized carbons (Fsp3) is 0.867. The van der Waals surface area contributed by atoms with Gasteiger partial charge in [0.1, 0.15) is 6.10 Å². The fourth-order valence-corrected chi connectivity index (χ4v) is 3.70. The number of nitrogens with one attached hydrogen (secondary N) is 1. The number of esters is 1. The average molecular weight is 283 g/mol. The summed E-state index contributed by atoms with van der Waals surface area (Å²) in [6, 6.07) is 0. The van der Waals surface area contributed by atoms with Crippen LogP contribution in [0.5, 0.6) is 0 Å². The van der Waals surface area contributed by atoms with E-state index in [-0.39, 0.29) is 13.0 Å². The van der Waals surface area contributed by atoms with Crippen molar-refractivity contribution in [1.29, 1.82) is 0 Å². The molecule has 20 heavy (non-hydrogen) atoms. The van der Waals surface area contributed by atoms with Crippen molar-refractivity contribution >= 4 is 11.9 Å². The van der Waals surface area contributed by atoms with Gasteiger partial charge in [-0.15, -0.1) is 0 Å². The van der Waals surface area contributed by atoms with Gasteiger partial charge < -0.3 is 15.2 Å². The van der Waals surface area contributed by atoms with Crippen LogP contribution < -0.4 is 5.32 Å². The number of hydrogen-bond donors (Lipinski definition) is 2. The molecule has 0 saturated heterocycles. The minimum absolute atomic E-state index is 0.261. The van der Waals surface area contributed by atoms with Gasteiger partial charge in [-0.3, -0.25) is 9.59 Å². The summed E-state index contributed by atoms with van der Waals surface area (Å²) in [6.07, 6.45) is 4.80. The minimum Gasteiger partial charge on any atom is -0.466 e. The molecule has 0 aromatic carbocycles. The van der Waals surface area contributed by atoms with E-state index >= 15 is 0 Å². The van der Waals surface area contributed by atoms with E-state index < -0.39 is 18.0 Å². The third-order valence-electron chi connectivity index (χ3n) is 4.67. The molecule has 0 aromatic heterocycles. The highest BCUT2D eigenvalue weighted by molar-refractivity contribution is 5.85. The number of aliphatic hydroxyl groups is 1. The lowest BCUT2D eigenvalue weighted by Gasteiger charge is -2.21. The number of carbonyl (C=O) groups excluding carboxylic acids is 2. The molecule has 5 heteroatoms. The van der Waals surface area contributed by atoms with Crippen LogP contribution in [0.3, 0.4) is 0 Å². The highest BCUT2D eigenvalue weighted by Crippen LogP contribution is 2.49. The summed E-state index contributed by atoms with van der Waals surface area (Å²) in [5, 5.41) is 12.3. The van der Waals surface area contributed by atoms with Crippen molar-refractivity contribution < 1.29 is 19.4 Å². The Hall–Kier alpha value is -1.10. The molecule has 0 aromatic rings. The van der Waals surface area contributed by atoms with E-state index in [0.29, 0.717) is 6.54 Å². The molecule has 2 fully saturated rings. The summed E-state index contributed by atoms with van der Waals surface area (Å²) in [7, 11) is 0. The maximum absolute atomic E-state index is 11.6. The highest BCUT2D eigenvalue weighted by atomic mass is 16.5. The first-order valence-corrected chi connectivity index (χ1v) is 7.71. The van der Waals surface area contributed by atoms with Crippen LogP contribution >= 0.6 is 0 Å². The van der Waals surface area contributed by atoms with Gasteiger partial charge in [0, 0.05) is 6.54 Å². The van der Waals surface area contributed by atoms with Gasteiger partial charge in [-0.2, -0.15) is 0 Å². The smallest absolute Gasteiger partial charge is 0.308 e. The molecule has 0 unspecified atom stereocenters. The van der Waals surface area contributed by atoms with Gasteiger partial charge in [0.05, 0.1) is 13.0 Å². The molecule has 0 aliphatic heterocycles. The van der Waals surface area contributed by atoms with Gasteiger partial charge in [-0.25, -0.2) is 0 Å². The second kappa shape index (κ2) is 7.07. The first-order chi connectivity index (χ1) is 9.60. The zero-order valence-electron chi connectivity index (χ0n) is 12.1. The van der Waals surface area contributed by atoms with Crippen LogP contribution in [-0.4, -0.2) is 36.2 Å². The Morgan fingerprint density at radius 1 is 1.35 bits per heavy atom. The summed E-state index contributed by atoms with van der Waals surface area (Å²) in [4.78, 5) is 22.8. The van der Waals surface area contributed by atoms with E-state index in [1.165, 1.54) is 25.7 Å². The Kier molecular flexibility index (Phi) is 5.40. The molecule has 114 valence electrons. The van der Waals surface area contributed by atoms with Crippen molar-refractivity contribution in [2.24, 2.45) is 17.8 Å². The number of amides is 1. The second-order valence-electron chi connectivity index (χ2n) is 6.04. The molecule has 2 saturated carbocycles. The van der Waals surface area contributed by atoms with E-state index in [0.717, 1.165) is 24.2 Å². The number of fused-ring (bicyclic) bond motifs is 2. The Bertz CT molecular complexity index is 358. The number of ether oxygens (including phenoxy) is 1.